The van der Waals surface area contributed by atoms with Gasteiger partial charge in [0.2, 0.25) is 5.82 Å². The Morgan fingerprint density at radius 3 is 2.20 bits per heavy atom. The standard InChI is InChI=1S/C7H12N8/c1-14-6(11)4(9)7(13-14)15-2-3(8)5(10)12-15/h2H,8-9,11H2,1H3,(H2,10,12). The average molecular weight is 208 g/mol. The molecule has 0 saturated heterocycles. The fourth-order valence-corrected chi connectivity index (χ4v) is 1.22. The Hall–Kier alpha value is -2.38. The van der Waals surface area contributed by atoms with Gasteiger partial charge in [-0.3, -0.25) is 0 Å². The molecule has 2 aromatic heterocycles. The van der Waals surface area contributed by atoms with E-state index in [1.807, 2.05) is 0 Å². The summed E-state index contributed by atoms with van der Waals surface area (Å²) >= 11 is 0. The zero-order chi connectivity index (χ0) is 11.2. The minimum atomic E-state index is 0.235. The summed E-state index contributed by atoms with van der Waals surface area (Å²) in [5, 5.41) is 8.04. The van der Waals surface area contributed by atoms with E-state index >= 15 is 0 Å². The number of aryl methyl sites for hydroxylation is 1. The molecule has 8 N–H and O–H groups in total. The third kappa shape index (κ3) is 1.23. The summed E-state index contributed by atoms with van der Waals surface area (Å²) in [5.41, 5.74) is 23.2. The summed E-state index contributed by atoms with van der Waals surface area (Å²) in [7, 11) is 1.69. The lowest BCUT2D eigenvalue weighted by Gasteiger charge is -1.95. The van der Waals surface area contributed by atoms with E-state index in [9.17, 15) is 0 Å². The summed E-state index contributed by atoms with van der Waals surface area (Å²) in [6, 6.07) is 0. The van der Waals surface area contributed by atoms with Crippen molar-refractivity contribution in [3.05, 3.63) is 6.20 Å². The number of rotatable bonds is 1. The number of anilines is 4. The van der Waals surface area contributed by atoms with E-state index in [4.69, 9.17) is 22.9 Å². The molecule has 15 heavy (non-hydrogen) atoms. The van der Waals surface area contributed by atoms with Crippen LogP contribution in [-0.4, -0.2) is 19.6 Å². The number of aromatic nitrogens is 4. The first-order chi connectivity index (χ1) is 7.00. The van der Waals surface area contributed by atoms with Gasteiger partial charge in [0, 0.05) is 7.05 Å². The molecule has 80 valence electrons. The SMILES string of the molecule is Cn1nc(-n2cc(N)c(N)n2)c(N)c1N. The molecule has 0 aliphatic heterocycles. The second-order valence-electron chi connectivity index (χ2n) is 3.16. The smallest absolute Gasteiger partial charge is 0.200 e. The third-order valence-corrected chi connectivity index (χ3v) is 2.10. The summed E-state index contributed by atoms with van der Waals surface area (Å²) in [6.07, 6.45) is 1.54. The van der Waals surface area contributed by atoms with Gasteiger partial charge >= 0.3 is 0 Å². The molecule has 0 saturated carbocycles. The van der Waals surface area contributed by atoms with Gasteiger partial charge in [0.1, 0.15) is 11.5 Å². The highest BCUT2D eigenvalue weighted by Crippen LogP contribution is 2.23. The van der Waals surface area contributed by atoms with Crippen LogP contribution in [0.15, 0.2) is 6.20 Å². The molecule has 2 heterocycles. The topological polar surface area (TPSA) is 140 Å². The largest absolute Gasteiger partial charge is 0.394 e. The molecule has 0 aliphatic carbocycles. The molecule has 0 bridgehead atoms. The summed E-state index contributed by atoms with van der Waals surface area (Å²) in [5.74, 6) is 1.02. The van der Waals surface area contributed by atoms with Crippen molar-refractivity contribution >= 4 is 23.0 Å². The Morgan fingerprint density at radius 1 is 1.13 bits per heavy atom. The van der Waals surface area contributed by atoms with Crippen molar-refractivity contribution < 1.29 is 0 Å². The van der Waals surface area contributed by atoms with Crippen molar-refractivity contribution in [2.45, 2.75) is 0 Å². The van der Waals surface area contributed by atoms with Gasteiger partial charge in [0.25, 0.3) is 0 Å². The molecule has 0 aromatic carbocycles. The molecular weight excluding hydrogens is 196 g/mol. The van der Waals surface area contributed by atoms with E-state index in [2.05, 4.69) is 10.2 Å². The average Bonchev–Trinajstić information content (AvgIpc) is 2.63. The molecule has 2 aromatic rings. The Labute approximate surface area is 85.4 Å². The third-order valence-electron chi connectivity index (χ3n) is 2.10. The maximum absolute atomic E-state index is 5.74. The lowest BCUT2D eigenvalue weighted by Crippen LogP contribution is -2.01. The van der Waals surface area contributed by atoms with Gasteiger partial charge in [-0.2, -0.15) is 0 Å². The molecule has 2 rings (SSSR count). The van der Waals surface area contributed by atoms with Crippen molar-refractivity contribution in [3.63, 3.8) is 0 Å². The van der Waals surface area contributed by atoms with Crippen molar-refractivity contribution in [2.24, 2.45) is 7.05 Å². The maximum Gasteiger partial charge on any atom is 0.200 e. The van der Waals surface area contributed by atoms with Gasteiger partial charge < -0.3 is 22.9 Å². The Bertz CT molecular complexity index is 488. The molecule has 0 fully saturated rings. The van der Waals surface area contributed by atoms with Gasteiger partial charge in [-0.1, -0.05) is 0 Å². The van der Waals surface area contributed by atoms with Crippen molar-refractivity contribution in [3.8, 4) is 5.82 Å². The van der Waals surface area contributed by atoms with Gasteiger partial charge in [-0.05, 0) is 0 Å². The molecule has 0 aliphatic rings. The molecule has 0 radical (unpaired) electrons. The van der Waals surface area contributed by atoms with Crippen molar-refractivity contribution in [2.75, 3.05) is 22.9 Å². The van der Waals surface area contributed by atoms with E-state index in [0.29, 0.717) is 23.0 Å². The van der Waals surface area contributed by atoms with Crippen molar-refractivity contribution in [1.82, 2.24) is 19.6 Å². The summed E-state index contributed by atoms with van der Waals surface area (Å²) in [6.45, 7) is 0. The van der Waals surface area contributed by atoms with Crippen LogP contribution in [0.3, 0.4) is 0 Å². The predicted octanol–water partition coefficient (Wildman–Crippen LogP) is -1.07. The number of hydrogen-bond acceptors (Lipinski definition) is 6. The second-order valence-corrected chi connectivity index (χ2v) is 3.16. The zero-order valence-electron chi connectivity index (χ0n) is 8.18. The van der Waals surface area contributed by atoms with Crippen LogP contribution >= 0.6 is 0 Å². The lowest BCUT2D eigenvalue weighted by molar-refractivity contribution is 0.740. The number of hydrogen-bond donors (Lipinski definition) is 4. The highest BCUT2D eigenvalue weighted by atomic mass is 15.4. The highest BCUT2D eigenvalue weighted by molar-refractivity contribution is 5.69. The van der Waals surface area contributed by atoms with E-state index in [0.717, 1.165) is 0 Å². The monoisotopic (exact) mass is 208 g/mol. The summed E-state index contributed by atoms with van der Waals surface area (Å²) in [4.78, 5) is 0. The molecule has 0 spiro atoms. The Morgan fingerprint density at radius 2 is 1.80 bits per heavy atom. The first-order valence-corrected chi connectivity index (χ1v) is 4.19. The molecule has 8 nitrogen and oxygen atoms in total. The number of nitrogens with zero attached hydrogens (tertiary/aromatic N) is 4. The van der Waals surface area contributed by atoms with Crippen molar-refractivity contribution in [1.29, 1.82) is 0 Å². The second kappa shape index (κ2) is 2.80. The van der Waals surface area contributed by atoms with Gasteiger partial charge in [0.15, 0.2) is 5.82 Å². The van der Waals surface area contributed by atoms with Gasteiger partial charge in [-0.15, -0.1) is 10.2 Å². The van der Waals surface area contributed by atoms with Crippen LogP contribution in [0.5, 0.6) is 0 Å². The molecule has 0 atom stereocenters. The van der Waals surface area contributed by atoms with Crippen LogP contribution in [0, 0.1) is 0 Å². The highest BCUT2D eigenvalue weighted by Gasteiger charge is 2.14. The minimum absolute atomic E-state index is 0.235. The normalized spacial score (nSPS) is 10.7. The first-order valence-electron chi connectivity index (χ1n) is 4.19. The van der Waals surface area contributed by atoms with Crippen LogP contribution in [0.25, 0.3) is 5.82 Å². The molecular formula is C7H12N8. The van der Waals surface area contributed by atoms with Crippen LogP contribution in [0.1, 0.15) is 0 Å². The van der Waals surface area contributed by atoms with Gasteiger partial charge in [-0.25, -0.2) is 9.36 Å². The summed E-state index contributed by atoms with van der Waals surface area (Å²) < 4.78 is 2.86. The van der Waals surface area contributed by atoms with E-state index in [1.165, 1.54) is 15.6 Å². The van der Waals surface area contributed by atoms with Crippen LogP contribution in [0.4, 0.5) is 23.0 Å². The molecule has 0 unspecified atom stereocenters. The fraction of sp³-hybridized carbons (Fsp3) is 0.143. The molecule has 8 heteroatoms. The van der Waals surface area contributed by atoms with E-state index in [-0.39, 0.29) is 5.82 Å². The van der Waals surface area contributed by atoms with Crippen LogP contribution < -0.4 is 22.9 Å². The zero-order valence-corrected chi connectivity index (χ0v) is 8.18. The fourth-order valence-electron chi connectivity index (χ4n) is 1.22. The number of nitrogens with two attached hydrogens (primary N) is 4. The van der Waals surface area contributed by atoms with E-state index < -0.39 is 0 Å². The van der Waals surface area contributed by atoms with E-state index in [1.54, 1.807) is 7.05 Å². The number of nitrogen functional groups attached to an aromatic ring is 4. The minimum Gasteiger partial charge on any atom is -0.394 e. The Balaban J connectivity index is 2.59. The van der Waals surface area contributed by atoms with Crippen LogP contribution in [-0.2, 0) is 7.05 Å². The lowest BCUT2D eigenvalue weighted by atomic mass is 10.5. The maximum atomic E-state index is 5.74. The first kappa shape index (κ1) is 9.19. The predicted molar refractivity (Wildman–Crippen MR) is 58.0 cm³/mol. The van der Waals surface area contributed by atoms with Gasteiger partial charge in [0.05, 0.1) is 11.9 Å². The molecule has 0 amide bonds. The Kier molecular flexibility index (Phi) is 1.72. The quantitative estimate of drug-likeness (QED) is 0.470. The van der Waals surface area contributed by atoms with Crippen LogP contribution in [0.2, 0.25) is 0 Å².